The molecule has 0 radical (unpaired) electrons. The first-order valence-corrected chi connectivity index (χ1v) is 12.7. The smallest absolute Gasteiger partial charge is 0.300 e. The molecule has 2 aliphatic rings. The Morgan fingerprint density at radius 3 is 1.10 bits per heavy atom. The van der Waals surface area contributed by atoms with Gasteiger partial charge in [-0.05, 0) is 72.2 Å². The lowest BCUT2D eigenvalue weighted by Crippen LogP contribution is -2.20. The van der Waals surface area contributed by atoms with Crippen molar-refractivity contribution in [3.63, 3.8) is 0 Å². The van der Waals surface area contributed by atoms with Crippen LogP contribution in [-0.2, 0) is 27.8 Å². The molecule has 0 amide bonds. The number of para-hydroxylation sites is 2. The number of benzene rings is 4. The number of rotatable bonds is 0. The largest absolute Gasteiger partial charge is 0.508 e. The molecule has 0 atom stereocenters. The van der Waals surface area contributed by atoms with E-state index in [2.05, 4.69) is 48.5 Å². The summed E-state index contributed by atoms with van der Waals surface area (Å²) in [5.74, 6) is -1.02. The van der Waals surface area contributed by atoms with Crippen molar-refractivity contribution >= 4 is 11.9 Å². The van der Waals surface area contributed by atoms with Crippen LogP contribution in [0, 0.1) is 0 Å². The molecule has 0 aliphatic heterocycles. The lowest BCUT2D eigenvalue weighted by molar-refractivity contribution is -0.135. The highest BCUT2D eigenvalue weighted by Crippen LogP contribution is 2.51. The Labute approximate surface area is 229 Å². The maximum absolute atomic E-state index is 9.00. The quantitative estimate of drug-likeness (QED) is 0.199. The van der Waals surface area contributed by atoms with Gasteiger partial charge >= 0.3 is 0 Å². The molecule has 4 N–H and O–H groups in total. The van der Waals surface area contributed by atoms with Crippen molar-refractivity contribution in [3.05, 3.63) is 131 Å². The summed E-state index contributed by atoms with van der Waals surface area (Å²) in [5.41, 5.74) is 6.70. The van der Waals surface area contributed by atoms with Crippen molar-refractivity contribution in [1.82, 2.24) is 0 Å². The first kappa shape index (κ1) is 30.6. The van der Waals surface area contributed by atoms with Gasteiger partial charge in [-0.25, -0.2) is 0 Å². The number of aliphatic carboxylic acids is 2. The molecular formula is C33H36O6. The zero-order valence-electron chi connectivity index (χ0n) is 22.3. The van der Waals surface area contributed by atoms with Crippen LogP contribution in [0.4, 0.5) is 0 Å². The molecule has 0 saturated carbocycles. The number of carbonyl (C=O) groups is 2. The minimum atomic E-state index is -0.833. The molecule has 0 fully saturated rings. The first-order valence-electron chi connectivity index (χ1n) is 12.7. The van der Waals surface area contributed by atoms with Crippen LogP contribution < -0.4 is 0 Å². The monoisotopic (exact) mass is 528 g/mol. The molecule has 4 aromatic carbocycles. The maximum Gasteiger partial charge on any atom is 0.300 e. The van der Waals surface area contributed by atoms with Crippen LogP contribution in [0.15, 0.2) is 109 Å². The Balaban J connectivity index is 0.000000202. The van der Waals surface area contributed by atoms with Gasteiger partial charge in [-0.15, -0.1) is 0 Å². The van der Waals surface area contributed by atoms with Gasteiger partial charge in [-0.2, -0.15) is 0 Å². The lowest BCUT2D eigenvalue weighted by Gasteiger charge is -2.26. The van der Waals surface area contributed by atoms with Gasteiger partial charge in [0.25, 0.3) is 11.9 Å². The van der Waals surface area contributed by atoms with Gasteiger partial charge in [0.05, 0.1) is 0 Å². The lowest BCUT2D eigenvalue weighted by atomic mass is 9.77. The molecule has 6 nitrogen and oxygen atoms in total. The second-order valence-corrected chi connectivity index (χ2v) is 9.11. The molecular weight excluding hydrogens is 492 g/mol. The number of phenols is 2. The number of carboxylic acid groups (broad SMARTS) is 2. The number of aryl methyl sites for hydroxylation is 2. The summed E-state index contributed by atoms with van der Waals surface area (Å²) in [4.78, 5) is 18.0. The normalized spacial score (nSPS) is 12.8. The van der Waals surface area contributed by atoms with Crippen LogP contribution in [0.2, 0.25) is 0 Å². The molecule has 0 unspecified atom stereocenters. The third-order valence-electron chi connectivity index (χ3n) is 6.22. The molecule has 39 heavy (non-hydrogen) atoms. The Morgan fingerprint density at radius 2 is 0.821 bits per heavy atom. The van der Waals surface area contributed by atoms with Crippen LogP contribution in [-0.4, -0.2) is 32.4 Å². The number of phenolic OH excluding ortho intramolecular Hbond substituents is 2. The minimum absolute atomic E-state index is 0.322. The van der Waals surface area contributed by atoms with Crippen molar-refractivity contribution in [2.45, 2.75) is 44.9 Å². The zero-order chi connectivity index (χ0) is 28.7. The van der Waals surface area contributed by atoms with Crippen LogP contribution in [0.5, 0.6) is 11.5 Å². The highest BCUT2D eigenvalue weighted by Gasteiger charge is 2.43. The van der Waals surface area contributed by atoms with E-state index in [1.807, 2.05) is 12.1 Å². The van der Waals surface area contributed by atoms with E-state index in [9.17, 15) is 0 Å². The summed E-state index contributed by atoms with van der Waals surface area (Å²) in [7, 11) is 0. The van der Waals surface area contributed by atoms with Crippen molar-refractivity contribution < 1.29 is 30.0 Å². The number of hydrogen-bond acceptors (Lipinski definition) is 4. The fourth-order valence-corrected chi connectivity index (χ4v) is 4.77. The van der Waals surface area contributed by atoms with Crippen LogP contribution in [0.3, 0.4) is 0 Å². The van der Waals surface area contributed by atoms with Gasteiger partial charge in [0.2, 0.25) is 0 Å². The molecule has 1 spiro atoms. The van der Waals surface area contributed by atoms with Crippen LogP contribution in [0.1, 0.15) is 48.9 Å². The van der Waals surface area contributed by atoms with E-state index in [1.165, 1.54) is 25.7 Å². The number of aromatic hydroxyl groups is 2. The summed E-state index contributed by atoms with van der Waals surface area (Å²) in [6, 6.07) is 35.5. The molecule has 6 heteroatoms. The predicted molar refractivity (Wildman–Crippen MR) is 153 cm³/mol. The van der Waals surface area contributed by atoms with Crippen molar-refractivity contribution in [1.29, 1.82) is 0 Å². The van der Waals surface area contributed by atoms with E-state index in [4.69, 9.17) is 30.0 Å². The fourth-order valence-electron chi connectivity index (χ4n) is 4.77. The molecule has 4 aromatic rings. The highest BCUT2D eigenvalue weighted by molar-refractivity contribution is 5.63. The standard InChI is InChI=1S/C17H16.2C6H6O.2C2H4O2/c1-3-7-15-13(5-1)9-11-17(15)12-10-14-6-2-4-8-16(14)17;2*7-6-4-2-1-3-5-6;2*1-2(3)4/h1-8H,9-12H2;2*1-5,7H;2*1H3,(H,3,4). The van der Waals surface area contributed by atoms with E-state index >= 15 is 0 Å². The predicted octanol–water partition coefficient (Wildman–Crippen LogP) is 6.83. The third kappa shape index (κ3) is 10.0. The van der Waals surface area contributed by atoms with Crippen LogP contribution >= 0.6 is 0 Å². The third-order valence-corrected chi connectivity index (χ3v) is 6.22. The molecule has 0 bridgehead atoms. The summed E-state index contributed by atoms with van der Waals surface area (Å²) in [6.45, 7) is 2.17. The van der Waals surface area contributed by atoms with E-state index in [0.717, 1.165) is 13.8 Å². The summed E-state index contributed by atoms with van der Waals surface area (Å²) < 4.78 is 0. The maximum atomic E-state index is 9.00. The average Bonchev–Trinajstić information content (AvgIpc) is 3.47. The van der Waals surface area contributed by atoms with Crippen molar-refractivity contribution in [2.75, 3.05) is 0 Å². The van der Waals surface area contributed by atoms with Gasteiger partial charge in [-0.1, -0.05) is 84.9 Å². The Morgan fingerprint density at radius 1 is 0.538 bits per heavy atom. The second kappa shape index (κ2) is 15.6. The minimum Gasteiger partial charge on any atom is -0.508 e. The van der Waals surface area contributed by atoms with Crippen molar-refractivity contribution in [2.24, 2.45) is 0 Å². The summed E-state index contributed by atoms with van der Waals surface area (Å²) >= 11 is 0. The topological polar surface area (TPSA) is 115 Å². The van der Waals surface area contributed by atoms with Gasteiger partial charge in [-0.3, -0.25) is 9.59 Å². The van der Waals surface area contributed by atoms with E-state index in [-0.39, 0.29) is 0 Å². The van der Waals surface area contributed by atoms with Crippen molar-refractivity contribution in [3.8, 4) is 11.5 Å². The SMILES string of the molecule is CC(=O)O.CC(=O)O.Oc1ccccc1.Oc1ccccc1.c1ccc2c(c1)CCC21CCc2ccccc21. The van der Waals surface area contributed by atoms with Gasteiger partial charge in [0.15, 0.2) is 0 Å². The molecule has 0 saturated heterocycles. The molecule has 0 heterocycles. The first-order chi connectivity index (χ1) is 18.7. The number of carboxylic acids is 2. The molecule has 204 valence electrons. The average molecular weight is 529 g/mol. The molecule has 0 aromatic heterocycles. The summed E-state index contributed by atoms with van der Waals surface area (Å²) in [5, 5.41) is 32.1. The molecule has 2 aliphatic carbocycles. The van der Waals surface area contributed by atoms with E-state index in [0.29, 0.717) is 16.9 Å². The van der Waals surface area contributed by atoms with E-state index in [1.54, 1.807) is 70.8 Å². The molecule has 6 rings (SSSR count). The fraction of sp³-hybridized carbons (Fsp3) is 0.212. The Kier molecular flexibility index (Phi) is 12.3. The van der Waals surface area contributed by atoms with Crippen LogP contribution in [0.25, 0.3) is 0 Å². The highest BCUT2D eigenvalue weighted by atomic mass is 16.4. The number of hydrogen-bond donors (Lipinski definition) is 4. The van der Waals surface area contributed by atoms with Gasteiger partial charge in [0.1, 0.15) is 11.5 Å². The van der Waals surface area contributed by atoms with Gasteiger partial charge in [0, 0.05) is 19.3 Å². The Bertz CT molecular complexity index is 1190. The second-order valence-electron chi connectivity index (χ2n) is 9.11. The Hall–Kier alpha value is -4.58. The summed E-state index contributed by atoms with van der Waals surface area (Å²) in [6.07, 6.45) is 5.13. The van der Waals surface area contributed by atoms with Gasteiger partial charge < -0.3 is 20.4 Å². The number of fused-ring (bicyclic) bond motifs is 4. The zero-order valence-corrected chi connectivity index (χ0v) is 22.3. The van der Waals surface area contributed by atoms with E-state index < -0.39 is 11.9 Å².